The third-order valence-electron chi connectivity index (χ3n) is 3.99. The summed E-state index contributed by atoms with van der Waals surface area (Å²) in [6.45, 7) is 2.77. The van der Waals surface area contributed by atoms with E-state index in [1.165, 1.54) is 64.2 Å². The molecule has 0 rings (SSSR count). The van der Waals surface area contributed by atoms with Gasteiger partial charge in [0, 0.05) is 0 Å². The van der Waals surface area contributed by atoms with E-state index in [9.17, 15) is 4.79 Å². The first kappa shape index (κ1) is 21.8. The van der Waals surface area contributed by atoms with Crippen LogP contribution in [0.3, 0.4) is 0 Å². The van der Waals surface area contributed by atoms with Crippen molar-refractivity contribution >= 4 is 18.6 Å². The van der Waals surface area contributed by atoms with Crippen LogP contribution in [-0.4, -0.2) is 24.4 Å². The van der Waals surface area contributed by atoms with E-state index in [0.717, 1.165) is 12.8 Å². The van der Waals surface area contributed by atoms with E-state index < -0.39 is 6.04 Å². The molecule has 0 saturated carbocycles. The van der Waals surface area contributed by atoms with Gasteiger partial charge in [0.15, 0.2) is 0 Å². The Labute approximate surface area is 143 Å². The number of ether oxygens (including phenoxy) is 1. The number of carbonyl (C=O) groups is 1. The van der Waals surface area contributed by atoms with Crippen LogP contribution < -0.4 is 5.73 Å². The molecule has 22 heavy (non-hydrogen) atoms. The van der Waals surface area contributed by atoms with Crippen LogP contribution in [0.15, 0.2) is 0 Å². The zero-order chi connectivity index (χ0) is 16.5. The summed E-state index contributed by atoms with van der Waals surface area (Å²) in [4.78, 5) is 11.5. The Morgan fingerprint density at radius 3 is 1.82 bits per heavy atom. The Hall–Kier alpha value is -0.220. The van der Waals surface area contributed by atoms with E-state index in [2.05, 4.69) is 19.6 Å². The summed E-state index contributed by atoms with van der Waals surface area (Å²) in [7, 11) is 0. The van der Waals surface area contributed by atoms with Crippen LogP contribution in [0.1, 0.15) is 90.4 Å². The number of thiol groups is 1. The van der Waals surface area contributed by atoms with Gasteiger partial charge < -0.3 is 10.5 Å². The van der Waals surface area contributed by atoms with Crippen molar-refractivity contribution < 1.29 is 9.53 Å². The zero-order valence-corrected chi connectivity index (χ0v) is 15.4. The largest absolute Gasteiger partial charge is 0.465 e. The van der Waals surface area contributed by atoms with Crippen LogP contribution in [0.4, 0.5) is 0 Å². The molecule has 0 aromatic rings. The van der Waals surface area contributed by atoms with Gasteiger partial charge >= 0.3 is 5.97 Å². The van der Waals surface area contributed by atoms with E-state index in [4.69, 9.17) is 10.5 Å². The highest BCUT2D eigenvalue weighted by molar-refractivity contribution is 7.80. The molecule has 0 amide bonds. The maximum Gasteiger partial charge on any atom is 0.322 e. The van der Waals surface area contributed by atoms with Gasteiger partial charge in [-0.15, -0.1) is 0 Å². The Morgan fingerprint density at radius 1 is 0.909 bits per heavy atom. The van der Waals surface area contributed by atoms with Gasteiger partial charge in [0.25, 0.3) is 0 Å². The number of carbonyl (C=O) groups excluding carboxylic acids is 1. The van der Waals surface area contributed by atoms with E-state index in [1.807, 2.05) is 0 Å². The minimum absolute atomic E-state index is 0.280. The molecule has 132 valence electrons. The molecule has 0 fully saturated rings. The number of hydrogen-bond donors (Lipinski definition) is 2. The molecule has 1 unspecified atom stereocenters. The van der Waals surface area contributed by atoms with Crippen LogP contribution in [0.2, 0.25) is 0 Å². The molecule has 4 heteroatoms. The second-order valence-corrected chi connectivity index (χ2v) is 6.62. The van der Waals surface area contributed by atoms with Crippen molar-refractivity contribution in [3.8, 4) is 0 Å². The van der Waals surface area contributed by atoms with Crippen molar-refractivity contribution in [2.24, 2.45) is 5.73 Å². The van der Waals surface area contributed by atoms with Crippen molar-refractivity contribution in [2.75, 3.05) is 12.4 Å². The fraction of sp³-hybridized carbons (Fsp3) is 0.944. The molecule has 0 radical (unpaired) electrons. The molecule has 0 aliphatic carbocycles. The maximum absolute atomic E-state index is 11.5. The summed E-state index contributed by atoms with van der Waals surface area (Å²) >= 11 is 4.06. The number of hydrogen-bond acceptors (Lipinski definition) is 4. The van der Waals surface area contributed by atoms with Gasteiger partial charge in [-0.1, -0.05) is 77.6 Å². The number of rotatable bonds is 16. The summed E-state index contributed by atoms with van der Waals surface area (Å²) in [6, 6.07) is -0.505. The highest BCUT2D eigenvalue weighted by Gasteiger charge is 2.13. The summed E-state index contributed by atoms with van der Waals surface area (Å²) in [5.41, 5.74) is 5.65. The smallest absolute Gasteiger partial charge is 0.322 e. The fourth-order valence-electron chi connectivity index (χ4n) is 2.48. The standard InChI is InChI=1S/C18H37NO2S/c1-2-3-4-5-6-7-8-9-10-11-12-13-15-21-18(20)17(19)14-16-22/h17,22H,2-16,19H2,1H3. The van der Waals surface area contributed by atoms with Crippen molar-refractivity contribution in [3.63, 3.8) is 0 Å². The van der Waals surface area contributed by atoms with Gasteiger partial charge in [-0.25, -0.2) is 0 Å². The van der Waals surface area contributed by atoms with E-state index in [1.54, 1.807) is 0 Å². The molecule has 0 bridgehead atoms. The quantitative estimate of drug-likeness (QED) is 0.241. The number of nitrogens with two attached hydrogens (primary N) is 1. The van der Waals surface area contributed by atoms with Gasteiger partial charge in [-0.3, -0.25) is 4.79 Å². The average molecular weight is 332 g/mol. The molecule has 0 aliphatic heterocycles. The van der Waals surface area contributed by atoms with Gasteiger partial charge in [-0.2, -0.15) is 12.6 Å². The lowest BCUT2D eigenvalue weighted by Crippen LogP contribution is -2.32. The van der Waals surface area contributed by atoms with Gasteiger partial charge in [0.05, 0.1) is 6.61 Å². The summed E-state index contributed by atoms with van der Waals surface area (Å²) in [6.07, 6.45) is 16.3. The molecule has 0 aromatic carbocycles. The first-order chi connectivity index (χ1) is 10.7. The predicted molar refractivity (Wildman–Crippen MR) is 98.5 cm³/mol. The second-order valence-electron chi connectivity index (χ2n) is 6.18. The molecule has 1 atom stereocenters. The minimum Gasteiger partial charge on any atom is -0.465 e. The summed E-state index contributed by atoms with van der Waals surface area (Å²) < 4.78 is 5.15. The monoisotopic (exact) mass is 331 g/mol. The van der Waals surface area contributed by atoms with Gasteiger partial charge in [0.2, 0.25) is 0 Å². The first-order valence-electron chi connectivity index (χ1n) is 9.25. The Morgan fingerprint density at radius 2 is 1.36 bits per heavy atom. The summed E-state index contributed by atoms with van der Waals surface area (Å²) in [5.74, 6) is 0.339. The fourth-order valence-corrected chi connectivity index (χ4v) is 2.76. The second kappa shape index (κ2) is 17.1. The minimum atomic E-state index is -0.505. The Balaban J connectivity index is 3.16. The lowest BCUT2D eigenvalue weighted by molar-refractivity contribution is -0.145. The molecule has 2 N–H and O–H groups in total. The van der Waals surface area contributed by atoms with E-state index in [0.29, 0.717) is 18.8 Å². The zero-order valence-electron chi connectivity index (χ0n) is 14.5. The SMILES string of the molecule is CCCCCCCCCCCCCCOC(=O)C(N)CCS. The molecule has 0 aromatic heterocycles. The van der Waals surface area contributed by atoms with Crippen molar-refractivity contribution in [2.45, 2.75) is 96.4 Å². The van der Waals surface area contributed by atoms with Crippen LogP contribution in [-0.2, 0) is 9.53 Å². The van der Waals surface area contributed by atoms with Crippen molar-refractivity contribution in [1.29, 1.82) is 0 Å². The average Bonchev–Trinajstić information content (AvgIpc) is 2.51. The molecule has 3 nitrogen and oxygen atoms in total. The van der Waals surface area contributed by atoms with Gasteiger partial charge in [0.1, 0.15) is 6.04 Å². The highest BCUT2D eigenvalue weighted by atomic mass is 32.1. The molecule has 0 saturated heterocycles. The molecule has 0 spiro atoms. The lowest BCUT2D eigenvalue weighted by atomic mass is 10.1. The number of unbranched alkanes of at least 4 members (excludes halogenated alkanes) is 11. The first-order valence-corrected chi connectivity index (χ1v) is 9.88. The van der Waals surface area contributed by atoms with Crippen LogP contribution in [0, 0.1) is 0 Å². The van der Waals surface area contributed by atoms with Gasteiger partial charge in [-0.05, 0) is 18.6 Å². The molecular formula is C18H37NO2S. The molecular weight excluding hydrogens is 294 g/mol. The Kier molecular flexibility index (Phi) is 17.0. The predicted octanol–water partition coefficient (Wildman–Crippen LogP) is 4.88. The van der Waals surface area contributed by atoms with Crippen molar-refractivity contribution in [1.82, 2.24) is 0 Å². The third-order valence-corrected chi connectivity index (χ3v) is 4.24. The van der Waals surface area contributed by atoms with E-state index in [-0.39, 0.29) is 5.97 Å². The summed E-state index contributed by atoms with van der Waals surface area (Å²) in [5, 5.41) is 0. The van der Waals surface area contributed by atoms with Crippen LogP contribution >= 0.6 is 12.6 Å². The van der Waals surface area contributed by atoms with Crippen molar-refractivity contribution in [3.05, 3.63) is 0 Å². The van der Waals surface area contributed by atoms with Crippen LogP contribution in [0.5, 0.6) is 0 Å². The van der Waals surface area contributed by atoms with E-state index >= 15 is 0 Å². The Bertz CT molecular complexity index is 249. The topological polar surface area (TPSA) is 52.3 Å². The molecule has 0 aliphatic rings. The normalized spacial score (nSPS) is 12.3. The number of esters is 1. The maximum atomic E-state index is 11.5. The molecule has 0 heterocycles. The highest BCUT2D eigenvalue weighted by Crippen LogP contribution is 2.11. The third kappa shape index (κ3) is 14.7. The van der Waals surface area contributed by atoms with Crippen LogP contribution in [0.25, 0.3) is 0 Å². The lowest BCUT2D eigenvalue weighted by Gasteiger charge is -2.10.